The molecular formula is C20H22N2O5S. The van der Waals surface area contributed by atoms with Gasteiger partial charge in [0.05, 0.1) is 17.7 Å². The standard InChI is InChI=1S/C20H22N2O5S/c1-3-26-20(25)16-14-8-4-5-9-15(14)28-18(16)22-17(23)12(2)27-19(24)13-7-6-10-21-11-13/h6-7,10-12H,3-5,8-9H2,1-2H3,(H,22,23). The number of anilines is 1. The molecular weight excluding hydrogens is 380 g/mol. The van der Waals surface area contributed by atoms with E-state index in [0.29, 0.717) is 10.6 Å². The Kier molecular flexibility index (Phi) is 6.41. The molecule has 1 N–H and O–H groups in total. The normalized spacial score (nSPS) is 13.9. The summed E-state index contributed by atoms with van der Waals surface area (Å²) < 4.78 is 10.4. The zero-order chi connectivity index (χ0) is 20.1. The third-order valence-electron chi connectivity index (χ3n) is 4.44. The first-order valence-electron chi connectivity index (χ1n) is 9.24. The molecule has 2 heterocycles. The maximum absolute atomic E-state index is 12.6. The number of fused-ring (bicyclic) bond motifs is 1. The Labute approximate surface area is 167 Å². The molecule has 0 aliphatic heterocycles. The second-order valence-electron chi connectivity index (χ2n) is 6.41. The van der Waals surface area contributed by atoms with Crippen molar-refractivity contribution in [3.63, 3.8) is 0 Å². The molecule has 0 saturated heterocycles. The molecule has 7 nitrogen and oxygen atoms in total. The number of carbonyl (C=O) groups is 3. The Morgan fingerprint density at radius 3 is 2.75 bits per heavy atom. The molecule has 0 bridgehead atoms. The van der Waals surface area contributed by atoms with Gasteiger partial charge in [0, 0.05) is 17.3 Å². The lowest BCUT2D eigenvalue weighted by molar-refractivity contribution is -0.123. The fourth-order valence-electron chi connectivity index (χ4n) is 3.05. The number of ether oxygens (including phenoxy) is 2. The lowest BCUT2D eigenvalue weighted by atomic mass is 9.95. The predicted molar refractivity (Wildman–Crippen MR) is 105 cm³/mol. The van der Waals surface area contributed by atoms with Gasteiger partial charge in [-0.3, -0.25) is 9.78 Å². The monoisotopic (exact) mass is 402 g/mol. The van der Waals surface area contributed by atoms with Crippen LogP contribution in [0.2, 0.25) is 0 Å². The number of aryl methyl sites for hydroxylation is 1. The highest BCUT2D eigenvalue weighted by Gasteiger charge is 2.29. The Morgan fingerprint density at radius 1 is 1.25 bits per heavy atom. The molecule has 8 heteroatoms. The van der Waals surface area contributed by atoms with E-state index in [9.17, 15) is 14.4 Å². The van der Waals surface area contributed by atoms with Gasteiger partial charge in [0.2, 0.25) is 0 Å². The van der Waals surface area contributed by atoms with E-state index in [2.05, 4.69) is 10.3 Å². The van der Waals surface area contributed by atoms with Crippen molar-refractivity contribution in [3.05, 3.63) is 46.1 Å². The molecule has 148 valence electrons. The zero-order valence-electron chi connectivity index (χ0n) is 15.8. The first-order valence-corrected chi connectivity index (χ1v) is 10.1. The minimum Gasteiger partial charge on any atom is -0.462 e. The molecule has 0 aromatic carbocycles. The third-order valence-corrected chi connectivity index (χ3v) is 5.65. The molecule has 1 atom stereocenters. The average molecular weight is 402 g/mol. The molecule has 28 heavy (non-hydrogen) atoms. The summed E-state index contributed by atoms with van der Waals surface area (Å²) in [5, 5.41) is 3.21. The quantitative estimate of drug-likeness (QED) is 0.745. The first-order chi connectivity index (χ1) is 13.5. The van der Waals surface area contributed by atoms with Gasteiger partial charge >= 0.3 is 11.9 Å². The average Bonchev–Trinajstić information content (AvgIpc) is 3.06. The molecule has 1 amide bonds. The van der Waals surface area contributed by atoms with Gasteiger partial charge in [-0.1, -0.05) is 0 Å². The van der Waals surface area contributed by atoms with Crippen LogP contribution in [0.25, 0.3) is 0 Å². The van der Waals surface area contributed by atoms with Crippen molar-refractivity contribution < 1.29 is 23.9 Å². The van der Waals surface area contributed by atoms with E-state index in [4.69, 9.17) is 9.47 Å². The van der Waals surface area contributed by atoms with Crippen LogP contribution < -0.4 is 5.32 Å². The van der Waals surface area contributed by atoms with Gasteiger partial charge in [-0.05, 0) is 57.2 Å². The SMILES string of the molecule is CCOC(=O)c1c(NC(=O)C(C)OC(=O)c2cccnc2)sc2c1CCCC2. The Morgan fingerprint density at radius 2 is 2.04 bits per heavy atom. The van der Waals surface area contributed by atoms with Crippen molar-refractivity contribution >= 4 is 34.2 Å². The van der Waals surface area contributed by atoms with Gasteiger partial charge in [-0.2, -0.15) is 0 Å². The van der Waals surface area contributed by atoms with Crippen molar-refractivity contribution in [3.8, 4) is 0 Å². The van der Waals surface area contributed by atoms with Crippen LogP contribution in [0.5, 0.6) is 0 Å². The Balaban J connectivity index is 1.75. The van der Waals surface area contributed by atoms with Gasteiger partial charge in [0.15, 0.2) is 6.10 Å². The number of hydrogen-bond donors (Lipinski definition) is 1. The maximum atomic E-state index is 12.6. The van der Waals surface area contributed by atoms with Crippen LogP contribution in [-0.2, 0) is 27.1 Å². The van der Waals surface area contributed by atoms with Crippen LogP contribution in [0.1, 0.15) is 57.8 Å². The van der Waals surface area contributed by atoms with Crippen LogP contribution in [0.4, 0.5) is 5.00 Å². The minimum atomic E-state index is -1.03. The number of amides is 1. The highest BCUT2D eigenvalue weighted by molar-refractivity contribution is 7.17. The number of pyridine rings is 1. The molecule has 0 radical (unpaired) electrons. The van der Waals surface area contributed by atoms with E-state index in [1.54, 1.807) is 25.3 Å². The summed E-state index contributed by atoms with van der Waals surface area (Å²) in [5.74, 6) is -1.56. The molecule has 1 aliphatic carbocycles. The van der Waals surface area contributed by atoms with E-state index in [1.807, 2.05) is 0 Å². The van der Waals surface area contributed by atoms with Gasteiger partial charge < -0.3 is 14.8 Å². The number of nitrogens with zero attached hydrogens (tertiary/aromatic N) is 1. The van der Waals surface area contributed by atoms with E-state index < -0.39 is 23.9 Å². The zero-order valence-corrected chi connectivity index (χ0v) is 16.6. The number of hydrogen-bond acceptors (Lipinski definition) is 7. The predicted octanol–water partition coefficient (Wildman–Crippen LogP) is 3.38. The number of nitrogens with one attached hydrogen (secondary N) is 1. The second kappa shape index (κ2) is 8.97. The fourth-order valence-corrected chi connectivity index (χ4v) is 4.33. The largest absolute Gasteiger partial charge is 0.462 e. The summed E-state index contributed by atoms with van der Waals surface area (Å²) in [6.07, 6.45) is 5.63. The van der Waals surface area contributed by atoms with Gasteiger partial charge in [-0.25, -0.2) is 9.59 Å². The van der Waals surface area contributed by atoms with Gasteiger partial charge in [0.25, 0.3) is 5.91 Å². The summed E-state index contributed by atoms with van der Waals surface area (Å²) in [7, 11) is 0. The van der Waals surface area contributed by atoms with Crippen molar-refractivity contribution in [2.45, 2.75) is 45.6 Å². The molecule has 1 unspecified atom stereocenters. The lowest BCUT2D eigenvalue weighted by Gasteiger charge is -2.14. The number of esters is 2. The minimum absolute atomic E-state index is 0.260. The summed E-state index contributed by atoms with van der Waals surface area (Å²) in [4.78, 5) is 42.1. The molecule has 0 spiro atoms. The van der Waals surface area contributed by atoms with Crippen LogP contribution in [0, 0.1) is 0 Å². The molecule has 1 aliphatic rings. The summed E-state index contributed by atoms with van der Waals surface area (Å²) in [6.45, 7) is 3.49. The van der Waals surface area contributed by atoms with Crippen LogP contribution in [-0.4, -0.2) is 35.5 Å². The Bertz CT molecular complexity index is 878. The number of rotatable bonds is 6. The Hall–Kier alpha value is -2.74. The first kappa shape index (κ1) is 20.0. The van der Waals surface area contributed by atoms with Crippen molar-refractivity contribution in [1.29, 1.82) is 0 Å². The second-order valence-corrected chi connectivity index (χ2v) is 7.52. The molecule has 3 rings (SSSR count). The van der Waals surface area contributed by atoms with E-state index >= 15 is 0 Å². The van der Waals surface area contributed by atoms with Crippen molar-refractivity contribution in [2.24, 2.45) is 0 Å². The van der Waals surface area contributed by atoms with Crippen LogP contribution in [0.15, 0.2) is 24.5 Å². The summed E-state index contributed by atoms with van der Waals surface area (Å²) >= 11 is 1.39. The summed E-state index contributed by atoms with van der Waals surface area (Å²) in [6, 6.07) is 3.18. The highest BCUT2D eigenvalue weighted by atomic mass is 32.1. The third kappa shape index (κ3) is 4.39. The number of carbonyl (C=O) groups excluding carboxylic acids is 3. The fraction of sp³-hybridized carbons (Fsp3) is 0.400. The smallest absolute Gasteiger partial charge is 0.341 e. The van der Waals surface area contributed by atoms with Crippen LogP contribution in [0.3, 0.4) is 0 Å². The molecule has 2 aromatic rings. The number of aromatic nitrogens is 1. The number of thiophene rings is 1. The molecule has 0 fully saturated rings. The maximum Gasteiger partial charge on any atom is 0.341 e. The summed E-state index contributed by atoms with van der Waals surface area (Å²) in [5.41, 5.74) is 1.66. The van der Waals surface area contributed by atoms with Crippen molar-refractivity contribution in [2.75, 3.05) is 11.9 Å². The van der Waals surface area contributed by atoms with Gasteiger partial charge in [0.1, 0.15) is 5.00 Å². The molecule has 2 aromatic heterocycles. The van der Waals surface area contributed by atoms with E-state index in [-0.39, 0.29) is 12.2 Å². The van der Waals surface area contributed by atoms with E-state index in [1.165, 1.54) is 24.5 Å². The van der Waals surface area contributed by atoms with Gasteiger partial charge in [-0.15, -0.1) is 11.3 Å². The molecule has 0 saturated carbocycles. The highest BCUT2D eigenvalue weighted by Crippen LogP contribution is 2.38. The van der Waals surface area contributed by atoms with Crippen LogP contribution >= 0.6 is 11.3 Å². The van der Waals surface area contributed by atoms with E-state index in [0.717, 1.165) is 36.1 Å². The lowest BCUT2D eigenvalue weighted by Crippen LogP contribution is -2.30. The van der Waals surface area contributed by atoms with Crippen molar-refractivity contribution in [1.82, 2.24) is 4.98 Å². The topological polar surface area (TPSA) is 94.6 Å².